The predicted octanol–water partition coefficient (Wildman–Crippen LogP) is 1.69. The third kappa shape index (κ3) is 1.74. The van der Waals surface area contributed by atoms with Gasteiger partial charge in [0.2, 0.25) is 0 Å². The number of hydrogen-bond acceptors (Lipinski definition) is 3. The van der Waals surface area contributed by atoms with Crippen LogP contribution in [0.25, 0.3) is 5.69 Å². The fourth-order valence-corrected chi connectivity index (χ4v) is 1.35. The molecule has 0 spiro atoms. The van der Waals surface area contributed by atoms with Crippen LogP contribution in [0.1, 0.15) is 10.4 Å². The van der Waals surface area contributed by atoms with Crippen LogP contribution in [0.4, 0.5) is 0 Å². The Balaban J connectivity index is 2.48. The number of carbonyl (C=O) groups is 1. The van der Waals surface area contributed by atoms with Crippen LogP contribution in [0.2, 0.25) is 0 Å². The molecule has 4 nitrogen and oxygen atoms in total. The molecule has 0 aliphatic rings. The van der Waals surface area contributed by atoms with E-state index in [4.69, 9.17) is 4.74 Å². The fraction of sp³-hybridized carbons (Fsp3) is 0.0909. The van der Waals surface area contributed by atoms with Crippen LogP contribution >= 0.6 is 0 Å². The van der Waals surface area contributed by atoms with Gasteiger partial charge in [-0.25, -0.2) is 4.68 Å². The zero-order valence-electron chi connectivity index (χ0n) is 8.25. The topological polar surface area (TPSA) is 44.1 Å². The number of methoxy groups -OCH3 is 1. The van der Waals surface area contributed by atoms with Crippen molar-refractivity contribution in [3.05, 3.63) is 42.2 Å². The molecule has 0 fully saturated rings. The van der Waals surface area contributed by atoms with Gasteiger partial charge in [0.15, 0.2) is 6.29 Å². The first kappa shape index (κ1) is 9.45. The van der Waals surface area contributed by atoms with Crippen LogP contribution in [0.5, 0.6) is 5.75 Å². The number of rotatable bonds is 3. The molecule has 0 aliphatic heterocycles. The Morgan fingerprint density at radius 3 is 2.87 bits per heavy atom. The lowest BCUT2D eigenvalue weighted by molar-refractivity contribution is 0.112. The van der Waals surface area contributed by atoms with E-state index in [-0.39, 0.29) is 0 Å². The van der Waals surface area contributed by atoms with Gasteiger partial charge in [-0.2, -0.15) is 5.10 Å². The lowest BCUT2D eigenvalue weighted by atomic mass is 10.3. The molecule has 2 aromatic rings. The number of benzene rings is 1. The molecule has 0 unspecified atom stereocenters. The van der Waals surface area contributed by atoms with Crippen LogP contribution in [0.15, 0.2) is 36.7 Å². The first-order valence-electron chi connectivity index (χ1n) is 4.48. The minimum absolute atomic E-state index is 0.543. The second-order valence-corrected chi connectivity index (χ2v) is 3.01. The van der Waals surface area contributed by atoms with E-state index in [0.29, 0.717) is 5.56 Å². The summed E-state index contributed by atoms with van der Waals surface area (Å²) in [5.41, 5.74) is 1.36. The molecule has 15 heavy (non-hydrogen) atoms. The number of nitrogens with zero attached hydrogens (tertiary/aromatic N) is 2. The second-order valence-electron chi connectivity index (χ2n) is 3.01. The highest BCUT2D eigenvalue weighted by atomic mass is 16.5. The highest BCUT2D eigenvalue weighted by Gasteiger charge is 2.05. The second kappa shape index (κ2) is 3.96. The quantitative estimate of drug-likeness (QED) is 0.711. The van der Waals surface area contributed by atoms with Gasteiger partial charge in [0, 0.05) is 6.20 Å². The Hall–Kier alpha value is -2.10. The van der Waals surface area contributed by atoms with E-state index in [0.717, 1.165) is 17.7 Å². The summed E-state index contributed by atoms with van der Waals surface area (Å²) in [5.74, 6) is 0.720. The number of aldehydes is 1. The molecule has 2 rings (SSSR count). The summed E-state index contributed by atoms with van der Waals surface area (Å²) in [4.78, 5) is 10.5. The molecular formula is C11H10N2O2. The number of hydrogen-bond donors (Lipinski definition) is 0. The van der Waals surface area contributed by atoms with Crippen molar-refractivity contribution >= 4 is 6.29 Å². The van der Waals surface area contributed by atoms with Gasteiger partial charge in [-0.1, -0.05) is 12.1 Å². The third-order valence-electron chi connectivity index (χ3n) is 2.07. The normalized spacial score (nSPS) is 9.93. The van der Waals surface area contributed by atoms with Gasteiger partial charge in [-0.15, -0.1) is 0 Å². The molecule has 0 atom stereocenters. The van der Waals surface area contributed by atoms with E-state index in [1.54, 1.807) is 18.0 Å². The molecule has 1 heterocycles. The Morgan fingerprint density at radius 1 is 1.40 bits per heavy atom. The molecule has 1 aromatic carbocycles. The molecular weight excluding hydrogens is 192 g/mol. The molecule has 4 heteroatoms. The number of para-hydroxylation sites is 2. The van der Waals surface area contributed by atoms with Crippen LogP contribution in [-0.4, -0.2) is 23.2 Å². The largest absolute Gasteiger partial charge is 0.494 e. The van der Waals surface area contributed by atoms with Crippen molar-refractivity contribution < 1.29 is 9.53 Å². The summed E-state index contributed by atoms with van der Waals surface area (Å²) < 4.78 is 6.81. The van der Waals surface area contributed by atoms with Crippen molar-refractivity contribution in [3.8, 4) is 11.4 Å². The molecule has 0 bridgehead atoms. The van der Waals surface area contributed by atoms with Gasteiger partial charge >= 0.3 is 0 Å². The first-order chi connectivity index (χ1) is 7.35. The fourth-order valence-electron chi connectivity index (χ4n) is 1.35. The SMILES string of the molecule is COc1ccccc1-n1cc(C=O)cn1. The monoisotopic (exact) mass is 202 g/mol. The molecule has 0 radical (unpaired) electrons. The van der Waals surface area contributed by atoms with Crippen molar-refractivity contribution in [3.63, 3.8) is 0 Å². The molecule has 0 aliphatic carbocycles. The molecule has 0 amide bonds. The van der Waals surface area contributed by atoms with E-state index in [1.807, 2.05) is 24.3 Å². The summed E-state index contributed by atoms with van der Waals surface area (Å²) in [6.07, 6.45) is 3.93. The van der Waals surface area contributed by atoms with Crippen molar-refractivity contribution in [1.82, 2.24) is 9.78 Å². The maximum Gasteiger partial charge on any atom is 0.153 e. The standard InChI is InChI=1S/C11H10N2O2/c1-15-11-5-3-2-4-10(11)13-7-9(8-14)6-12-13/h2-8H,1H3. The molecule has 0 saturated heterocycles. The maximum absolute atomic E-state index is 10.5. The summed E-state index contributed by atoms with van der Waals surface area (Å²) in [7, 11) is 1.60. The van der Waals surface area contributed by atoms with Crippen LogP contribution in [0, 0.1) is 0 Å². The highest BCUT2D eigenvalue weighted by molar-refractivity contribution is 5.73. The zero-order chi connectivity index (χ0) is 10.7. The number of aromatic nitrogens is 2. The average molecular weight is 202 g/mol. The third-order valence-corrected chi connectivity index (χ3v) is 2.07. The lowest BCUT2D eigenvalue weighted by Gasteiger charge is -2.06. The Kier molecular flexibility index (Phi) is 2.49. The summed E-state index contributed by atoms with van der Waals surface area (Å²) in [6.45, 7) is 0. The molecule has 76 valence electrons. The van der Waals surface area contributed by atoms with E-state index in [1.165, 1.54) is 6.20 Å². The smallest absolute Gasteiger partial charge is 0.153 e. The van der Waals surface area contributed by atoms with Crippen LogP contribution in [-0.2, 0) is 0 Å². The van der Waals surface area contributed by atoms with E-state index in [2.05, 4.69) is 5.10 Å². The summed E-state index contributed by atoms with van der Waals surface area (Å²) in [5, 5.41) is 4.07. The maximum atomic E-state index is 10.5. The van der Waals surface area contributed by atoms with E-state index < -0.39 is 0 Å². The van der Waals surface area contributed by atoms with E-state index in [9.17, 15) is 4.79 Å². The number of ether oxygens (including phenoxy) is 1. The first-order valence-corrected chi connectivity index (χ1v) is 4.48. The van der Waals surface area contributed by atoms with Gasteiger partial charge in [-0.3, -0.25) is 4.79 Å². The van der Waals surface area contributed by atoms with Crippen molar-refractivity contribution in [2.45, 2.75) is 0 Å². The number of carbonyl (C=O) groups excluding carboxylic acids is 1. The molecule has 0 N–H and O–H groups in total. The van der Waals surface area contributed by atoms with Crippen LogP contribution in [0.3, 0.4) is 0 Å². The molecule has 0 saturated carbocycles. The van der Waals surface area contributed by atoms with Gasteiger partial charge in [0.05, 0.1) is 18.9 Å². The molecule has 1 aromatic heterocycles. The summed E-state index contributed by atoms with van der Waals surface area (Å²) >= 11 is 0. The summed E-state index contributed by atoms with van der Waals surface area (Å²) in [6, 6.07) is 7.49. The van der Waals surface area contributed by atoms with Gasteiger partial charge < -0.3 is 4.74 Å². The van der Waals surface area contributed by atoms with Crippen molar-refractivity contribution in [1.29, 1.82) is 0 Å². The Bertz CT molecular complexity index is 477. The van der Waals surface area contributed by atoms with Crippen molar-refractivity contribution in [2.75, 3.05) is 7.11 Å². The highest BCUT2D eigenvalue weighted by Crippen LogP contribution is 2.21. The lowest BCUT2D eigenvalue weighted by Crippen LogP contribution is -1.97. The van der Waals surface area contributed by atoms with E-state index >= 15 is 0 Å². The minimum atomic E-state index is 0.543. The van der Waals surface area contributed by atoms with Gasteiger partial charge in [0.25, 0.3) is 0 Å². The predicted molar refractivity (Wildman–Crippen MR) is 55.5 cm³/mol. The minimum Gasteiger partial charge on any atom is -0.494 e. The average Bonchev–Trinajstić information content (AvgIpc) is 2.77. The Morgan fingerprint density at radius 2 is 2.20 bits per heavy atom. The van der Waals surface area contributed by atoms with Gasteiger partial charge in [-0.05, 0) is 12.1 Å². The van der Waals surface area contributed by atoms with Gasteiger partial charge in [0.1, 0.15) is 11.4 Å². The van der Waals surface area contributed by atoms with Crippen molar-refractivity contribution in [2.24, 2.45) is 0 Å². The zero-order valence-corrected chi connectivity index (χ0v) is 8.25. The Labute approximate surface area is 87.1 Å². The van der Waals surface area contributed by atoms with Crippen LogP contribution < -0.4 is 4.74 Å².